The van der Waals surface area contributed by atoms with E-state index in [9.17, 15) is 8.42 Å². The Morgan fingerprint density at radius 1 is 1.44 bits per heavy atom. The van der Waals surface area contributed by atoms with Gasteiger partial charge in [-0.3, -0.25) is 0 Å². The predicted molar refractivity (Wildman–Crippen MR) is 73.0 cm³/mol. The van der Waals surface area contributed by atoms with E-state index in [1.54, 1.807) is 25.1 Å². The summed E-state index contributed by atoms with van der Waals surface area (Å²) in [7, 11) is -2.96. The summed E-state index contributed by atoms with van der Waals surface area (Å²) < 4.78 is 22.6. The van der Waals surface area contributed by atoms with Crippen molar-refractivity contribution in [1.29, 1.82) is 5.26 Å². The van der Waals surface area contributed by atoms with Crippen molar-refractivity contribution in [2.45, 2.75) is 13.3 Å². The van der Waals surface area contributed by atoms with Gasteiger partial charge >= 0.3 is 0 Å². The van der Waals surface area contributed by atoms with Gasteiger partial charge in [-0.1, -0.05) is 6.92 Å². The van der Waals surface area contributed by atoms with Gasteiger partial charge in [0.1, 0.15) is 0 Å². The third kappa shape index (κ3) is 4.26. The molecule has 6 heteroatoms. The first-order valence-corrected chi connectivity index (χ1v) is 7.50. The Labute approximate surface area is 108 Å². The van der Waals surface area contributed by atoms with Crippen LogP contribution in [0.3, 0.4) is 0 Å². The molecule has 0 bridgehead atoms. The fourth-order valence-corrected chi connectivity index (χ4v) is 2.15. The quantitative estimate of drug-likeness (QED) is 0.754. The molecule has 0 heterocycles. The zero-order chi connectivity index (χ0) is 13.6. The van der Waals surface area contributed by atoms with E-state index < -0.39 is 9.84 Å². The number of rotatable bonds is 6. The van der Waals surface area contributed by atoms with Crippen LogP contribution in [0.15, 0.2) is 18.2 Å². The van der Waals surface area contributed by atoms with Gasteiger partial charge in [-0.15, -0.1) is 0 Å². The van der Waals surface area contributed by atoms with Gasteiger partial charge in [0.25, 0.3) is 0 Å². The van der Waals surface area contributed by atoms with E-state index in [1.807, 2.05) is 6.07 Å². The predicted octanol–water partition coefficient (Wildman–Crippen LogP) is 1.18. The summed E-state index contributed by atoms with van der Waals surface area (Å²) in [6, 6.07) is 7.30. The van der Waals surface area contributed by atoms with Gasteiger partial charge < -0.3 is 11.1 Å². The molecular formula is C12H17N3O2S. The SMILES string of the molecule is CCS(=O)(=O)CCNc1ccc(N)c(CC#N)c1. The smallest absolute Gasteiger partial charge is 0.151 e. The van der Waals surface area contributed by atoms with Crippen LogP contribution in [-0.2, 0) is 16.3 Å². The van der Waals surface area contributed by atoms with Crippen molar-refractivity contribution in [2.75, 3.05) is 29.1 Å². The highest BCUT2D eigenvalue weighted by Gasteiger charge is 2.07. The first-order valence-electron chi connectivity index (χ1n) is 5.68. The summed E-state index contributed by atoms with van der Waals surface area (Å²) in [6.07, 6.45) is 0.245. The molecule has 0 fully saturated rings. The van der Waals surface area contributed by atoms with Crippen molar-refractivity contribution in [2.24, 2.45) is 0 Å². The molecule has 1 rings (SSSR count). The van der Waals surface area contributed by atoms with Crippen LogP contribution in [0.5, 0.6) is 0 Å². The van der Waals surface area contributed by atoms with Crippen LogP contribution < -0.4 is 11.1 Å². The molecule has 0 aliphatic heterocycles. The lowest BCUT2D eigenvalue weighted by Crippen LogP contribution is -2.17. The summed E-state index contributed by atoms with van der Waals surface area (Å²) in [6.45, 7) is 1.98. The molecule has 18 heavy (non-hydrogen) atoms. The molecule has 3 N–H and O–H groups in total. The molecule has 1 aromatic carbocycles. The number of nitriles is 1. The Hall–Kier alpha value is -1.74. The Bertz CT molecular complexity index is 547. The van der Waals surface area contributed by atoms with Crippen LogP contribution in [0.1, 0.15) is 12.5 Å². The van der Waals surface area contributed by atoms with Crippen molar-refractivity contribution < 1.29 is 8.42 Å². The largest absolute Gasteiger partial charge is 0.398 e. The van der Waals surface area contributed by atoms with Crippen molar-refractivity contribution in [1.82, 2.24) is 0 Å². The first kappa shape index (κ1) is 14.3. The van der Waals surface area contributed by atoms with Gasteiger partial charge in [-0.2, -0.15) is 5.26 Å². The fourth-order valence-electron chi connectivity index (χ4n) is 1.45. The normalized spacial score (nSPS) is 10.9. The van der Waals surface area contributed by atoms with Gasteiger partial charge in [-0.25, -0.2) is 8.42 Å². The molecule has 0 saturated carbocycles. The first-order chi connectivity index (χ1) is 8.48. The third-order valence-corrected chi connectivity index (χ3v) is 4.30. The van der Waals surface area contributed by atoms with Crippen molar-refractivity contribution in [3.05, 3.63) is 23.8 Å². The minimum atomic E-state index is -2.96. The molecule has 0 spiro atoms. The molecular weight excluding hydrogens is 250 g/mol. The number of benzene rings is 1. The van der Waals surface area contributed by atoms with Gasteiger partial charge in [0.05, 0.1) is 18.2 Å². The molecule has 5 nitrogen and oxygen atoms in total. The van der Waals surface area contributed by atoms with E-state index in [0.29, 0.717) is 12.2 Å². The van der Waals surface area contributed by atoms with Gasteiger partial charge in [-0.05, 0) is 23.8 Å². The van der Waals surface area contributed by atoms with E-state index >= 15 is 0 Å². The maximum atomic E-state index is 11.3. The second-order valence-corrected chi connectivity index (χ2v) is 6.38. The summed E-state index contributed by atoms with van der Waals surface area (Å²) in [4.78, 5) is 0. The van der Waals surface area contributed by atoms with Crippen molar-refractivity contribution in [3.63, 3.8) is 0 Å². The molecule has 98 valence electrons. The van der Waals surface area contributed by atoms with Crippen molar-refractivity contribution in [3.8, 4) is 6.07 Å². The van der Waals surface area contributed by atoms with Crippen LogP contribution in [0.2, 0.25) is 0 Å². The molecule has 0 atom stereocenters. The molecule has 0 saturated heterocycles. The van der Waals surface area contributed by atoms with Crippen molar-refractivity contribution >= 4 is 21.2 Å². The average molecular weight is 267 g/mol. The second-order valence-electron chi connectivity index (χ2n) is 3.91. The second kappa shape index (κ2) is 6.26. The highest BCUT2D eigenvalue weighted by Crippen LogP contribution is 2.18. The summed E-state index contributed by atoms with van der Waals surface area (Å²) in [5.41, 5.74) is 7.82. The lowest BCUT2D eigenvalue weighted by Gasteiger charge is -2.09. The van der Waals surface area contributed by atoms with Crippen LogP contribution >= 0.6 is 0 Å². The number of nitrogen functional groups attached to an aromatic ring is 1. The molecule has 0 amide bonds. The Balaban J connectivity index is 2.64. The molecule has 0 radical (unpaired) electrons. The highest BCUT2D eigenvalue weighted by atomic mass is 32.2. The minimum Gasteiger partial charge on any atom is -0.398 e. The minimum absolute atomic E-state index is 0.0987. The van der Waals surface area contributed by atoms with Crippen LogP contribution in [0, 0.1) is 11.3 Å². The summed E-state index contributed by atoms with van der Waals surface area (Å²) in [5, 5.41) is 11.7. The maximum Gasteiger partial charge on any atom is 0.151 e. The van der Waals surface area contributed by atoms with E-state index in [1.165, 1.54) is 0 Å². The maximum absolute atomic E-state index is 11.3. The number of hydrogen-bond acceptors (Lipinski definition) is 5. The molecule has 0 unspecified atom stereocenters. The molecule has 0 aromatic heterocycles. The number of nitrogens with one attached hydrogen (secondary N) is 1. The molecule has 1 aromatic rings. The third-order valence-electron chi connectivity index (χ3n) is 2.59. The number of anilines is 2. The van der Waals surface area contributed by atoms with Crippen LogP contribution in [0.25, 0.3) is 0 Å². The zero-order valence-corrected chi connectivity index (χ0v) is 11.1. The molecule has 0 aliphatic rings. The highest BCUT2D eigenvalue weighted by molar-refractivity contribution is 7.91. The summed E-state index contributed by atoms with van der Waals surface area (Å²) >= 11 is 0. The van der Waals surface area contributed by atoms with E-state index in [0.717, 1.165) is 11.3 Å². The van der Waals surface area contributed by atoms with Crippen LogP contribution in [0.4, 0.5) is 11.4 Å². The monoisotopic (exact) mass is 267 g/mol. The van der Waals surface area contributed by atoms with E-state index in [4.69, 9.17) is 11.0 Å². The topological polar surface area (TPSA) is 96.0 Å². The number of sulfone groups is 1. The van der Waals surface area contributed by atoms with Crippen LogP contribution in [-0.4, -0.2) is 26.5 Å². The van der Waals surface area contributed by atoms with Gasteiger partial charge in [0.15, 0.2) is 9.84 Å². The van der Waals surface area contributed by atoms with E-state index in [-0.39, 0.29) is 17.9 Å². The fraction of sp³-hybridized carbons (Fsp3) is 0.417. The van der Waals surface area contributed by atoms with Gasteiger partial charge in [0.2, 0.25) is 0 Å². The van der Waals surface area contributed by atoms with E-state index in [2.05, 4.69) is 5.32 Å². The number of nitrogens with two attached hydrogens (primary N) is 1. The Kier molecular flexibility index (Phi) is 4.98. The Morgan fingerprint density at radius 3 is 2.78 bits per heavy atom. The summed E-state index contributed by atoms with van der Waals surface area (Å²) in [5.74, 6) is 0.248. The average Bonchev–Trinajstić information content (AvgIpc) is 2.33. The number of nitrogens with zero attached hydrogens (tertiary/aromatic N) is 1. The zero-order valence-electron chi connectivity index (χ0n) is 10.3. The number of hydrogen-bond donors (Lipinski definition) is 2. The Morgan fingerprint density at radius 2 is 2.17 bits per heavy atom. The van der Waals surface area contributed by atoms with Gasteiger partial charge in [0, 0.05) is 23.7 Å². The lowest BCUT2D eigenvalue weighted by molar-refractivity contribution is 0.597. The lowest BCUT2D eigenvalue weighted by atomic mass is 10.1. The molecule has 0 aliphatic carbocycles. The standard InChI is InChI=1S/C12H17N3O2S/c1-2-18(16,17)8-7-15-11-3-4-12(14)10(9-11)5-6-13/h3-4,9,15H,2,5,7-8,14H2,1H3.